The largest absolute Gasteiger partial charge is 0.322 e. The average molecular weight is 229 g/mol. The van der Waals surface area contributed by atoms with Crippen LogP contribution in [0.1, 0.15) is 18.4 Å². The summed E-state index contributed by atoms with van der Waals surface area (Å²) in [5.41, 5.74) is 1.87. The molecule has 1 aliphatic rings. The van der Waals surface area contributed by atoms with Gasteiger partial charge in [0.2, 0.25) is 0 Å². The number of carbonyl (C=O) groups is 1. The third-order valence-electron chi connectivity index (χ3n) is 2.93. The number of nitriles is 1. The zero-order valence-electron chi connectivity index (χ0n) is 9.81. The summed E-state index contributed by atoms with van der Waals surface area (Å²) in [7, 11) is 0. The van der Waals surface area contributed by atoms with Crippen LogP contribution >= 0.6 is 0 Å². The van der Waals surface area contributed by atoms with Gasteiger partial charge in [0.25, 0.3) is 0 Å². The second-order valence-electron chi connectivity index (χ2n) is 4.28. The van der Waals surface area contributed by atoms with Crippen LogP contribution in [-0.4, -0.2) is 23.5 Å². The van der Waals surface area contributed by atoms with Gasteiger partial charge in [-0.2, -0.15) is 5.26 Å². The lowest BCUT2D eigenvalue weighted by atomic mass is 10.2. The van der Waals surface area contributed by atoms with E-state index in [0.29, 0.717) is 6.54 Å². The van der Waals surface area contributed by atoms with Gasteiger partial charge in [-0.05, 0) is 37.5 Å². The van der Waals surface area contributed by atoms with E-state index in [0.717, 1.165) is 24.1 Å². The first-order chi connectivity index (χ1) is 8.20. The van der Waals surface area contributed by atoms with Crippen molar-refractivity contribution in [2.24, 2.45) is 0 Å². The number of urea groups is 1. The fourth-order valence-electron chi connectivity index (χ4n) is 2.06. The summed E-state index contributed by atoms with van der Waals surface area (Å²) in [5, 5.41) is 11.7. The number of nitrogens with one attached hydrogen (secondary N) is 1. The van der Waals surface area contributed by atoms with E-state index in [4.69, 9.17) is 5.26 Å². The molecule has 1 heterocycles. The molecule has 88 valence electrons. The first-order valence-electron chi connectivity index (χ1n) is 5.74. The van der Waals surface area contributed by atoms with Gasteiger partial charge in [-0.3, -0.25) is 0 Å². The fourth-order valence-corrected chi connectivity index (χ4v) is 2.06. The smallest absolute Gasteiger partial charge is 0.308 e. The summed E-state index contributed by atoms with van der Waals surface area (Å²) in [4.78, 5) is 13.6. The van der Waals surface area contributed by atoms with Crippen LogP contribution in [0.2, 0.25) is 0 Å². The second-order valence-corrected chi connectivity index (χ2v) is 4.28. The van der Waals surface area contributed by atoms with Crippen molar-refractivity contribution >= 4 is 11.7 Å². The molecular weight excluding hydrogens is 214 g/mol. The Hall–Kier alpha value is -2.02. The molecule has 1 aromatic carbocycles. The molecule has 1 N–H and O–H groups in total. The van der Waals surface area contributed by atoms with E-state index in [9.17, 15) is 4.79 Å². The van der Waals surface area contributed by atoms with Crippen molar-refractivity contribution in [2.75, 3.05) is 11.9 Å². The number of anilines is 1. The van der Waals surface area contributed by atoms with E-state index in [2.05, 4.69) is 11.4 Å². The molecule has 0 aromatic heterocycles. The Kier molecular flexibility index (Phi) is 3.29. The summed E-state index contributed by atoms with van der Waals surface area (Å²) in [6, 6.07) is 9.34. The highest BCUT2D eigenvalue weighted by atomic mass is 16.2. The lowest BCUT2D eigenvalue weighted by Crippen LogP contribution is -2.37. The molecule has 1 aliphatic heterocycles. The van der Waals surface area contributed by atoms with Gasteiger partial charge in [0.1, 0.15) is 6.04 Å². The molecule has 0 saturated carbocycles. The molecule has 1 saturated heterocycles. The maximum absolute atomic E-state index is 12.0. The van der Waals surface area contributed by atoms with Crippen LogP contribution < -0.4 is 5.32 Å². The first-order valence-corrected chi connectivity index (χ1v) is 5.74. The topological polar surface area (TPSA) is 56.1 Å². The Morgan fingerprint density at radius 2 is 2.41 bits per heavy atom. The molecule has 0 bridgehead atoms. The number of hydrogen-bond acceptors (Lipinski definition) is 2. The number of likely N-dealkylation sites (tertiary alicyclic amines) is 1. The van der Waals surface area contributed by atoms with Crippen molar-refractivity contribution in [2.45, 2.75) is 25.8 Å². The molecule has 0 radical (unpaired) electrons. The molecule has 17 heavy (non-hydrogen) atoms. The van der Waals surface area contributed by atoms with Crippen LogP contribution in [0.25, 0.3) is 0 Å². The minimum Gasteiger partial charge on any atom is -0.308 e. The molecule has 4 nitrogen and oxygen atoms in total. The number of rotatable bonds is 1. The molecule has 1 aromatic rings. The zero-order valence-corrected chi connectivity index (χ0v) is 9.81. The van der Waals surface area contributed by atoms with Crippen LogP contribution in [-0.2, 0) is 0 Å². The zero-order chi connectivity index (χ0) is 12.3. The van der Waals surface area contributed by atoms with Crippen LogP contribution in [0.4, 0.5) is 10.5 Å². The van der Waals surface area contributed by atoms with Gasteiger partial charge in [0.05, 0.1) is 6.07 Å². The van der Waals surface area contributed by atoms with Crippen molar-refractivity contribution in [3.05, 3.63) is 29.8 Å². The average Bonchev–Trinajstić information content (AvgIpc) is 2.77. The van der Waals surface area contributed by atoms with Crippen LogP contribution in [0, 0.1) is 18.3 Å². The van der Waals surface area contributed by atoms with Crippen LogP contribution in [0.3, 0.4) is 0 Å². The van der Waals surface area contributed by atoms with Gasteiger partial charge in [-0.15, -0.1) is 0 Å². The number of nitrogens with zero attached hydrogens (tertiary/aromatic N) is 2. The summed E-state index contributed by atoms with van der Waals surface area (Å²) < 4.78 is 0. The number of amides is 2. The van der Waals surface area contributed by atoms with Gasteiger partial charge < -0.3 is 10.2 Å². The van der Waals surface area contributed by atoms with Crippen molar-refractivity contribution < 1.29 is 4.79 Å². The molecule has 0 spiro atoms. The van der Waals surface area contributed by atoms with E-state index in [1.165, 1.54) is 0 Å². The number of aryl methyl sites for hydroxylation is 1. The highest BCUT2D eigenvalue weighted by molar-refractivity contribution is 5.90. The van der Waals surface area contributed by atoms with Gasteiger partial charge in [-0.1, -0.05) is 12.1 Å². The number of hydrogen-bond donors (Lipinski definition) is 1. The summed E-state index contributed by atoms with van der Waals surface area (Å²) in [5.74, 6) is 0. The molecule has 2 rings (SSSR count). The predicted octanol–water partition coefficient (Wildman–Crippen LogP) is 2.51. The fraction of sp³-hybridized carbons (Fsp3) is 0.385. The minimum absolute atomic E-state index is 0.181. The highest BCUT2D eigenvalue weighted by Gasteiger charge is 2.28. The van der Waals surface area contributed by atoms with E-state index < -0.39 is 0 Å². The third kappa shape index (κ3) is 2.56. The molecule has 2 amide bonds. The SMILES string of the molecule is Cc1cccc(NC(=O)N2CCCC2C#N)c1. The quantitative estimate of drug-likeness (QED) is 0.804. The lowest BCUT2D eigenvalue weighted by molar-refractivity contribution is 0.215. The Balaban J connectivity index is 2.04. The number of carbonyl (C=O) groups excluding carboxylic acids is 1. The van der Waals surface area contributed by atoms with Crippen molar-refractivity contribution in [3.63, 3.8) is 0 Å². The van der Waals surface area contributed by atoms with Gasteiger partial charge >= 0.3 is 6.03 Å². The van der Waals surface area contributed by atoms with Crippen molar-refractivity contribution in [1.29, 1.82) is 5.26 Å². The van der Waals surface area contributed by atoms with Crippen LogP contribution in [0.5, 0.6) is 0 Å². The summed E-state index contributed by atoms with van der Waals surface area (Å²) in [6.07, 6.45) is 1.68. The van der Waals surface area contributed by atoms with Gasteiger partial charge in [-0.25, -0.2) is 4.79 Å². The van der Waals surface area contributed by atoms with Crippen molar-refractivity contribution in [1.82, 2.24) is 4.90 Å². The normalized spacial score (nSPS) is 18.8. The predicted molar refractivity (Wildman–Crippen MR) is 65.5 cm³/mol. The maximum atomic E-state index is 12.0. The Labute approximate surface area is 101 Å². The van der Waals surface area contributed by atoms with E-state index in [1.54, 1.807) is 4.90 Å². The number of benzene rings is 1. The molecule has 1 atom stereocenters. The second kappa shape index (κ2) is 4.88. The summed E-state index contributed by atoms with van der Waals surface area (Å²) >= 11 is 0. The maximum Gasteiger partial charge on any atom is 0.322 e. The molecular formula is C13H15N3O. The van der Waals surface area contributed by atoms with Gasteiger partial charge in [0, 0.05) is 12.2 Å². The Morgan fingerprint density at radius 3 is 3.12 bits per heavy atom. The standard InChI is InChI=1S/C13H15N3O/c1-10-4-2-5-11(8-10)15-13(17)16-7-3-6-12(16)9-14/h2,4-5,8,12H,3,6-7H2,1H3,(H,15,17). The van der Waals surface area contributed by atoms with Crippen LogP contribution in [0.15, 0.2) is 24.3 Å². The minimum atomic E-state index is -0.278. The Morgan fingerprint density at radius 1 is 1.59 bits per heavy atom. The van der Waals surface area contributed by atoms with E-state index >= 15 is 0 Å². The van der Waals surface area contributed by atoms with E-state index in [-0.39, 0.29) is 12.1 Å². The molecule has 1 fully saturated rings. The molecule has 0 aliphatic carbocycles. The molecule has 4 heteroatoms. The van der Waals surface area contributed by atoms with E-state index in [1.807, 2.05) is 31.2 Å². The lowest BCUT2D eigenvalue weighted by Gasteiger charge is -2.20. The van der Waals surface area contributed by atoms with Gasteiger partial charge in [0.15, 0.2) is 0 Å². The highest BCUT2D eigenvalue weighted by Crippen LogP contribution is 2.18. The van der Waals surface area contributed by atoms with Crippen molar-refractivity contribution in [3.8, 4) is 6.07 Å². The Bertz CT molecular complexity index is 464. The monoisotopic (exact) mass is 229 g/mol. The third-order valence-corrected chi connectivity index (χ3v) is 2.93. The molecule has 1 unspecified atom stereocenters. The first kappa shape index (κ1) is 11.5. The summed E-state index contributed by atoms with van der Waals surface area (Å²) in [6.45, 7) is 2.64.